The van der Waals surface area contributed by atoms with Crippen LogP contribution in [-0.4, -0.2) is 5.94 Å². The molecule has 0 aliphatic rings. The molecule has 0 heterocycles. The van der Waals surface area contributed by atoms with Crippen molar-refractivity contribution in [1.29, 1.82) is 0 Å². The van der Waals surface area contributed by atoms with E-state index in [1.165, 1.54) is 11.6 Å². The number of allylic oxidation sites excluding steroid dienone is 5. The minimum Gasteiger partial charge on any atom is -0.234 e. The molecule has 0 bridgehead atoms. The summed E-state index contributed by atoms with van der Waals surface area (Å²) in [5, 5.41) is 0. The Bertz CT molecular complexity index is 354. The SMILES string of the molecule is O=C=C/C=C/C=C/Cc1ccccc1. The highest BCUT2D eigenvalue weighted by atomic mass is 16.1. The summed E-state index contributed by atoms with van der Waals surface area (Å²) in [5.74, 6) is 1.68. The highest BCUT2D eigenvalue weighted by Gasteiger charge is 1.83. The molecule has 1 nitrogen and oxygen atoms in total. The van der Waals surface area contributed by atoms with Gasteiger partial charge in [-0.15, -0.1) is 0 Å². The molecule has 0 aliphatic carbocycles. The first kappa shape index (κ1) is 10.2. The van der Waals surface area contributed by atoms with Gasteiger partial charge in [-0.2, -0.15) is 0 Å². The molecule has 0 N–H and O–H groups in total. The van der Waals surface area contributed by atoms with Crippen LogP contribution in [0.15, 0.2) is 60.7 Å². The zero-order valence-corrected chi connectivity index (χ0v) is 7.89. The van der Waals surface area contributed by atoms with Gasteiger partial charge in [-0.05, 0) is 12.0 Å². The Hall–Kier alpha value is -1.85. The average Bonchev–Trinajstić information content (AvgIpc) is 2.25. The van der Waals surface area contributed by atoms with E-state index in [1.54, 1.807) is 12.0 Å². The van der Waals surface area contributed by atoms with Gasteiger partial charge in [0.25, 0.3) is 0 Å². The summed E-state index contributed by atoms with van der Waals surface area (Å²) >= 11 is 0. The van der Waals surface area contributed by atoms with Gasteiger partial charge in [0.1, 0.15) is 5.94 Å². The van der Waals surface area contributed by atoms with Crippen LogP contribution >= 0.6 is 0 Å². The normalized spacial score (nSPS) is 10.6. The van der Waals surface area contributed by atoms with Crippen molar-refractivity contribution in [2.45, 2.75) is 6.42 Å². The fourth-order valence-electron chi connectivity index (χ4n) is 1.06. The molecular formula is C13H12O. The van der Waals surface area contributed by atoms with Gasteiger partial charge >= 0.3 is 0 Å². The van der Waals surface area contributed by atoms with Crippen LogP contribution in [0.4, 0.5) is 0 Å². The van der Waals surface area contributed by atoms with Crippen molar-refractivity contribution in [2.75, 3.05) is 0 Å². The second-order valence-corrected chi connectivity index (χ2v) is 2.79. The van der Waals surface area contributed by atoms with Gasteiger partial charge in [0.15, 0.2) is 0 Å². The van der Waals surface area contributed by atoms with E-state index in [4.69, 9.17) is 0 Å². The van der Waals surface area contributed by atoms with E-state index < -0.39 is 0 Å². The highest BCUT2D eigenvalue weighted by Crippen LogP contribution is 1.99. The van der Waals surface area contributed by atoms with Crippen LogP contribution < -0.4 is 0 Å². The Balaban J connectivity index is 2.37. The fourth-order valence-corrected chi connectivity index (χ4v) is 1.06. The Morgan fingerprint density at radius 2 is 1.86 bits per heavy atom. The van der Waals surface area contributed by atoms with E-state index in [1.807, 2.05) is 36.4 Å². The third-order valence-electron chi connectivity index (χ3n) is 1.72. The van der Waals surface area contributed by atoms with Gasteiger partial charge in [-0.3, -0.25) is 0 Å². The Labute approximate surface area is 84.1 Å². The summed E-state index contributed by atoms with van der Waals surface area (Å²) in [7, 11) is 0. The predicted molar refractivity (Wildman–Crippen MR) is 58.7 cm³/mol. The fraction of sp³-hybridized carbons (Fsp3) is 0.0769. The van der Waals surface area contributed by atoms with Gasteiger partial charge in [0.05, 0.1) is 0 Å². The molecule has 0 amide bonds. The molecule has 0 atom stereocenters. The van der Waals surface area contributed by atoms with Crippen LogP contribution in [-0.2, 0) is 11.2 Å². The maximum Gasteiger partial charge on any atom is 0.124 e. The topological polar surface area (TPSA) is 17.1 Å². The molecule has 0 radical (unpaired) electrons. The van der Waals surface area contributed by atoms with Crippen molar-refractivity contribution in [1.82, 2.24) is 0 Å². The van der Waals surface area contributed by atoms with Gasteiger partial charge in [0.2, 0.25) is 0 Å². The molecule has 0 spiro atoms. The summed E-state index contributed by atoms with van der Waals surface area (Å²) < 4.78 is 0. The summed E-state index contributed by atoms with van der Waals surface area (Å²) in [4.78, 5) is 9.80. The largest absolute Gasteiger partial charge is 0.234 e. The van der Waals surface area contributed by atoms with E-state index >= 15 is 0 Å². The molecule has 70 valence electrons. The zero-order chi connectivity index (χ0) is 10.1. The molecule has 1 rings (SSSR count). The summed E-state index contributed by atoms with van der Waals surface area (Å²) in [6, 6.07) is 10.2. The molecular weight excluding hydrogens is 172 g/mol. The Morgan fingerprint density at radius 1 is 1.07 bits per heavy atom. The van der Waals surface area contributed by atoms with Gasteiger partial charge in [0, 0.05) is 6.08 Å². The van der Waals surface area contributed by atoms with Crippen molar-refractivity contribution in [3.05, 3.63) is 66.3 Å². The standard InChI is InChI=1S/C13H12O/c14-12-8-3-1-2-5-9-13-10-6-4-7-11-13/h1-8,10-11H,9H2/b3-1+,5-2+. The number of rotatable bonds is 4. The maximum atomic E-state index is 9.80. The van der Waals surface area contributed by atoms with E-state index in [9.17, 15) is 4.79 Å². The van der Waals surface area contributed by atoms with Crippen LogP contribution in [0.2, 0.25) is 0 Å². The summed E-state index contributed by atoms with van der Waals surface area (Å²) in [6.07, 6.45) is 9.69. The Kier molecular flexibility index (Phi) is 4.86. The van der Waals surface area contributed by atoms with Crippen LogP contribution in [0.25, 0.3) is 0 Å². The van der Waals surface area contributed by atoms with Gasteiger partial charge in [-0.25, -0.2) is 4.79 Å². The molecule has 0 unspecified atom stereocenters. The van der Waals surface area contributed by atoms with E-state index in [2.05, 4.69) is 12.1 Å². The highest BCUT2D eigenvalue weighted by molar-refractivity contribution is 5.48. The first-order chi connectivity index (χ1) is 6.93. The maximum absolute atomic E-state index is 9.80. The summed E-state index contributed by atoms with van der Waals surface area (Å²) in [5.41, 5.74) is 1.28. The van der Waals surface area contributed by atoms with Crippen LogP contribution in [0.5, 0.6) is 0 Å². The van der Waals surface area contributed by atoms with E-state index in [-0.39, 0.29) is 0 Å². The third-order valence-corrected chi connectivity index (χ3v) is 1.72. The molecule has 1 heteroatoms. The third kappa shape index (κ3) is 4.24. The van der Waals surface area contributed by atoms with Gasteiger partial charge in [-0.1, -0.05) is 54.6 Å². The molecule has 0 fully saturated rings. The lowest BCUT2D eigenvalue weighted by Crippen LogP contribution is -1.77. The number of hydrogen-bond donors (Lipinski definition) is 0. The molecule has 0 aromatic heterocycles. The smallest absolute Gasteiger partial charge is 0.124 e. The second-order valence-electron chi connectivity index (χ2n) is 2.79. The molecule has 14 heavy (non-hydrogen) atoms. The quantitative estimate of drug-likeness (QED) is 0.519. The molecule has 0 aliphatic heterocycles. The molecule has 1 aromatic carbocycles. The van der Waals surface area contributed by atoms with Crippen molar-refractivity contribution in [3.8, 4) is 0 Å². The zero-order valence-electron chi connectivity index (χ0n) is 7.89. The first-order valence-corrected chi connectivity index (χ1v) is 4.50. The molecule has 0 saturated heterocycles. The Morgan fingerprint density at radius 3 is 2.57 bits per heavy atom. The van der Waals surface area contributed by atoms with E-state index in [0.29, 0.717) is 0 Å². The first-order valence-electron chi connectivity index (χ1n) is 4.50. The number of hydrogen-bond acceptors (Lipinski definition) is 1. The van der Waals surface area contributed by atoms with E-state index in [0.717, 1.165) is 6.42 Å². The number of benzene rings is 1. The summed E-state index contributed by atoms with van der Waals surface area (Å²) in [6.45, 7) is 0. The van der Waals surface area contributed by atoms with Crippen molar-refractivity contribution >= 4 is 5.94 Å². The lowest BCUT2D eigenvalue weighted by Gasteiger charge is -1.92. The number of carbonyl (C=O) groups excluding carboxylic acids is 1. The van der Waals surface area contributed by atoms with Crippen molar-refractivity contribution in [2.24, 2.45) is 0 Å². The predicted octanol–water partition coefficient (Wildman–Crippen LogP) is 2.73. The second kappa shape index (κ2) is 6.64. The average molecular weight is 184 g/mol. The minimum absolute atomic E-state index is 0.913. The van der Waals surface area contributed by atoms with Crippen molar-refractivity contribution in [3.63, 3.8) is 0 Å². The van der Waals surface area contributed by atoms with Gasteiger partial charge < -0.3 is 0 Å². The van der Waals surface area contributed by atoms with Crippen LogP contribution in [0, 0.1) is 0 Å². The van der Waals surface area contributed by atoms with Crippen LogP contribution in [0.3, 0.4) is 0 Å². The lowest BCUT2D eigenvalue weighted by atomic mass is 10.1. The minimum atomic E-state index is 0.913. The van der Waals surface area contributed by atoms with Crippen LogP contribution in [0.1, 0.15) is 5.56 Å². The molecule has 0 saturated carbocycles. The molecule has 1 aromatic rings. The lowest BCUT2D eigenvalue weighted by molar-refractivity contribution is 0.569. The van der Waals surface area contributed by atoms with Crippen molar-refractivity contribution < 1.29 is 4.79 Å². The monoisotopic (exact) mass is 184 g/mol.